The normalized spacial score (nSPS) is 18.2. The van der Waals surface area contributed by atoms with Crippen LogP contribution in [0.15, 0.2) is 36.4 Å². The summed E-state index contributed by atoms with van der Waals surface area (Å²) in [5.74, 6) is -0.383. The van der Waals surface area contributed by atoms with Crippen LogP contribution in [0.4, 0.5) is 20.2 Å². The largest absolute Gasteiger partial charge is 0.475 e. The van der Waals surface area contributed by atoms with E-state index in [1.807, 2.05) is 31.2 Å². The van der Waals surface area contributed by atoms with Crippen molar-refractivity contribution in [1.29, 1.82) is 0 Å². The molecule has 0 aromatic heterocycles. The van der Waals surface area contributed by atoms with E-state index in [0.717, 1.165) is 37.4 Å². The molecule has 2 heterocycles. The minimum Gasteiger partial charge on any atom is -0.475 e. The molecule has 1 atom stereocenters. The van der Waals surface area contributed by atoms with E-state index >= 15 is 0 Å². The van der Waals surface area contributed by atoms with Crippen LogP contribution in [0.3, 0.4) is 0 Å². The van der Waals surface area contributed by atoms with Gasteiger partial charge in [-0.15, -0.1) is 0 Å². The number of carbonyl (C=O) groups is 2. The van der Waals surface area contributed by atoms with Crippen LogP contribution in [-0.2, 0) is 11.3 Å². The predicted octanol–water partition coefficient (Wildman–Crippen LogP) is 3.08. The van der Waals surface area contributed by atoms with Gasteiger partial charge in [0.15, 0.2) is 17.6 Å². The number of nitrogens with zero attached hydrogens (tertiary/aromatic N) is 2. The minimum absolute atomic E-state index is 0.0832. The molecule has 2 aromatic rings. The summed E-state index contributed by atoms with van der Waals surface area (Å²) in [5, 5.41) is 5.49. The molecule has 8 nitrogen and oxygen atoms in total. The van der Waals surface area contributed by atoms with Gasteiger partial charge in [-0.2, -0.15) is 8.78 Å². The van der Waals surface area contributed by atoms with Crippen LogP contribution in [0.25, 0.3) is 0 Å². The number of nitrogens with one attached hydrogen (secondary N) is 2. The summed E-state index contributed by atoms with van der Waals surface area (Å²) in [7, 11) is 0. The summed E-state index contributed by atoms with van der Waals surface area (Å²) in [6, 6.07) is 10.8. The first-order chi connectivity index (χ1) is 16.3. The minimum atomic E-state index is -3.00. The molecule has 1 saturated heterocycles. The Morgan fingerprint density at radius 2 is 1.91 bits per heavy atom. The molecule has 1 fully saturated rings. The van der Waals surface area contributed by atoms with E-state index < -0.39 is 12.7 Å². The van der Waals surface area contributed by atoms with Crippen molar-refractivity contribution in [3.8, 4) is 11.5 Å². The number of halogens is 2. The SMILES string of the molecule is CCNC(=O)c1ccc(N2CCN(Cc3cc4c(c(OC(F)F)c3)OC(C)C(=O)N4)CC2)cc1. The maximum absolute atomic E-state index is 13.0. The third-order valence-corrected chi connectivity index (χ3v) is 5.86. The molecule has 0 aliphatic carbocycles. The lowest BCUT2D eigenvalue weighted by atomic mass is 10.1. The molecular formula is C24H28F2N4O4. The summed E-state index contributed by atoms with van der Waals surface area (Å²) in [6.07, 6.45) is -0.790. The van der Waals surface area contributed by atoms with Gasteiger partial charge in [0, 0.05) is 50.5 Å². The van der Waals surface area contributed by atoms with E-state index in [4.69, 9.17) is 4.74 Å². The molecule has 2 N–H and O–H groups in total. The van der Waals surface area contributed by atoms with Crippen molar-refractivity contribution in [1.82, 2.24) is 10.2 Å². The number of ether oxygens (including phenoxy) is 2. The Labute approximate surface area is 196 Å². The van der Waals surface area contributed by atoms with Gasteiger partial charge in [-0.1, -0.05) is 0 Å². The highest BCUT2D eigenvalue weighted by Crippen LogP contribution is 2.41. The molecule has 4 rings (SSSR count). The Morgan fingerprint density at radius 1 is 1.21 bits per heavy atom. The zero-order valence-electron chi connectivity index (χ0n) is 19.1. The predicted molar refractivity (Wildman–Crippen MR) is 124 cm³/mol. The number of carbonyl (C=O) groups excluding carboxylic acids is 2. The smallest absolute Gasteiger partial charge is 0.387 e. The van der Waals surface area contributed by atoms with E-state index in [0.29, 0.717) is 24.3 Å². The lowest BCUT2D eigenvalue weighted by molar-refractivity contribution is -0.122. The summed E-state index contributed by atoms with van der Waals surface area (Å²) in [6.45, 7) is 4.62. The molecule has 10 heteroatoms. The van der Waals surface area contributed by atoms with Crippen LogP contribution in [-0.4, -0.2) is 62.2 Å². The molecule has 0 bridgehead atoms. The van der Waals surface area contributed by atoms with Gasteiger partial charge in [0.25, 0.3) is 11.8 Å². The lowest BCUT2D eigenvalue weighted by Gasteiger charge is -2.36. The summed E-state index contributed by atoms with van der Waals surface area (Å²) in [4.78, 5) is 28.4. The molecule has 0 saturated carbocycles. The molecular weight excluding hydrogens is 446 g/mol. The van der Waals surface area contributed by atoms with Gasteiger partial charge in [-0.3, -0.25) is 14.5 Å². The fourth-order valence-corrected chi connectivity index (χ4v) is 4.12. The second-order valence-corrected chi connectivity index (χ2v) is 8.27. The number of piperazine rings is 1. The number of amides is 2. The van der Waals surface area contributed by atoms with Gasteiger partial charge in [0.05, 0.1) is 5.69 Å². The molecule has 1 unspecified atom stereocenters. The van der Waals surface area contributed by atoms with Crippen molar-refractivity contribution in [2.45, 2.75) is 33.1 Å². The van der Waals surface area contributed by atoms with E-state index in [1.54, 1.807) is 19.1 Å². The number of fused-ring (bicyclic) bond motifs is 1. The molecule has 2 aliphatic heterocycles. The molecule has 0 spiro atoms. The summed E-state index contributed by atoms with van der Waals surface area (Å²) < 4.78 is 36.1. The third kappa shape index (κ3) is 5.39. The summed E-state index contributed by atoms with van der Waals surface area (Å²) in [5.41, 5.74) is 2.75. The Hall–Kier alpha value is -3.40. The van der Waals surface area contributed by atoms with Crippen LogP contribution >= 0.6 is 0 Å². The van der Waals surface area contributed by atoms with Crippen molar-refractivity contribution < 1.29 is 27.8 Å². The Bertz CT molecular complexity index is 1040. The van der Waals surface area contributed by atoms with Gasteiger partial charge in [-0.25, -0.2) is 0 Å². The second kappa shape index (κ2) is 10.3. The zero-order valence-corrected chi connectivity index (χ0v) is 19.1. The monoisotopic (exact) mass is 474 g/mol. The molecule has 2 aliphatic rings. The van der Waals surface area contributed by atoms with E-state index in [1.165, 1.54) is 0 Å². The Balaban J connectivity index is 1.40. The third-order valence-electron chi connectivity index (χ3n) is 5.86. The molecule has 2 aromatic carbocycles. The number of benzene rings is 2. The lowest BCUT2D eigenvalue weighted by Crippen LogP contribution is -2.46. The maximum Gasteiger partial charge on any atom is 0.387 e. The average Bonchev–Trinajstić information content (AvgIpc) is 2.81. The maximum atomic E-state index is 13.0. The van der Waals surface area contributed by atoms with Crippen molar-refractivity contribution >= 4 is 23.2 Å². The quantitative estimate of drug-likeness (QED) is 0.642. The van der Waals surface area contributed by atoms with Crippen molar-refractivity contribution in [3.05, 3.63) is 47.5 Å². The fraction of sp³-hybridized carbons (Fsp3) is 0.417. The van der Waals surface area contributed by atoms with Gasteiger partial charge in [-0.05, 0) is 55.8 Å². The highest BCUT2D eigenvalue weighted by Gasteiger charge is 2.29. The van der Waals surface area contributed by atoms with Crippen molar-refractivity contribution in [3.63, 3.8) is 0 Å². The average molecular weight is 475 g/mol. The number of alkyl halides is 2. The first-order valence-corrected chi connectivity index (χ1v) is 11.3. The van der Waals surface area contributed by atoms with Gasteiger partial charge in [0.2, 0.25) is 0 Å². The highest BCUT2D eigenvalue weighted by molar-refractivity contribution is 5.98. The summed E-state index contributed by atoms with van der Waals surface area (Å²) >= 11 is 0. The van der Waals surface area contributed by atoms with Crippen LogP contribution in [0.5, 0.6) is 11.5 Å². The Morgan fingerprint density at radius 3 is 2.56 bits per heavy atom. The fourth-order valence-electron chi connectivity index (χ4n) is 4.12. The Kier molecular flexibility index (Phi) is 7.16. The van der Waals surface area contributed by atoms with Crippen molar-refractivity contribution in [2.75, 3.05) is 42.9 Å². The first-order valence-electron chi connectivity index (χ1n) is 11.3. The van der Waals surface area contributed by atoms with Crippen LogP contribution in [0.1, 0.15) is 29.8 Å². The number of rotatable bonds is 7. The standard InChI is InChI=1S/C24H28F2N4O4/c1-3-27-23(32)17-4-6-18(7-5-17)30-10-8-29(9-11-30)14-16-12-19-21(20(13-16)34-24(25)26)33-15(2)22(31)28-19/h4-7,12-13,15,24H,3,8-11,14H2,1-2H3,(H,27,32)(H,28,31). The molecule has 34 heavy (non-hydrogen) atoms. The molecule has 182 valence electrons. The van der Waals surface area contributed by atoms with E-state index in [2.05, 4.69) is 25.2 Å². The number of hydrogen-bond donors (Lipinski definition) is 2. The van der Waals surface area contributed by atoms with E-state index in [-0.39, 0.29) is 23.3 Å². The van der Waals surface area contributed by atoms with Crippen LogP contribution in [0.2, 0.25) is 0 Å². The highest BCUT2D eigenvalue weighted by atomic mass is 19.3. The number of anilines is 2. The number of hydrogen-bond acceptors (Lipinski definition) is 6. The van der Waals surface area contributed by atoms with Crippen LogP contribution < -0.4 is 25.0 Å². The van der Waals surface area contributed by atoms with Gasteiger partial charge < -0.3 is 25.0 Å². The molecule has 0 radical (unpaired) electrons. The second-order valence-electron chi connectivity index (χ2n) is 8.27. The van der Waals surface area contributed by atoms with Crippen LogP contribution in [0, 0.1) is 0 Å². The van der Waals surface area contributed by atoms with E-state index in [9.17, 15) is 18.4 Å². The topological polar surface area (TPSA) is 83.1 Å². The first kappa shape index (κ1) is 23.7. The van der Waals surface area contributed by atoms with Crippen molar-refractivity contribution in [2.24, 2.45) is 0 Å². The van der Waals surface area contributed by atoms with Gasteiger partial charge in [0.1, 0.15) is 0 Å². The van der Waals surface area contributed by atoms with Gasteiger partial charge >= 0.3 is 6.61 Å². The zero-order chi connectivity index (χ0) is 24.2. The molecule has 2 amide bonds.